The SMILES string of the molecule is CC1CCC(CN2C[C@@H](C)O[C@@H](C)C2)(C(=O)O)CC1. The average Bonchev–Trinajstić information content (AvgIpc) is 2.31. The van der Waals surface area contributed by atoms with Crippen molar-refractivity contribution in [1.82, 2.24) is 4.90 Å². The molecule has 0 unspecified atom stereocenters. The molecule has 110 valence electrons. The number of nitrogens with zero attached hydrogens (tertiary/aromatic N) is 1. The Kier molecular flexibility index (Phi) is 4.51. The van der Waals surface area contributed by atoms with Gasteiger partial charge < -0.3 is 9.84 Å². The summed E-state index contributed by atoms with van der Waals surface area (Å²) >= 11 is 0. The molecule has 0 aromatic heterocycles. The Morgan fingerprint density at radius 1 is 1.21 bits per heavy atom. The van der Waals surface area contributed by atoms with E-state index in [1.165, 1.54) is 0 Å². The topological polar surface area (TPSA) is 49.8 Å². The zero-order valence-corrected chi connectivity index (χ0v) is 12.4. The van der Waals surface area contributed by atoms with E-state index in [1.54, 1.807) is 0 Å². The minimum absolute atomic E-state index is 0.206. The summed E-state index contributed by atoms with van der Waals surface area (Å²) in [7, 11) is 0. The first-order valence-electron chi connectivity index (χ1n) is 7.52. The fourth-order valence-corrected chi connectivity index (χ4v) is 3.60. The maximum atomic E-state index is 11.8. The summed E-state index contributed by atoms with van der Waals surface area (Å²) in [6, 6.07) is 0. The van der Waals surface area contributed by atoms with Crippen LogP contribution in [0.1, 0.15) is 46.5 Å². The molecule has 1 heterocycles. The molecular formula is C15H27NO3. The number of carboxylic acid groups (broad SMARTS) is 1. The number of morpholine rings is 1. The zero-order valence-electron chi connectivity index (χ0n) is 12.4. The van der Waals surface area contributed by atoms with Gasteiger partial charge in [0.05, 0.1) is 17.6 Å². The molecular weight excluding hydrogens is 242 g/mol. The summed E-state index contributed by atoms with van der Waals surface area (Å²) < 4.78 is 5.73. The molecule has 4 nitrogen and oxygen atoms in total. The number of aliphatic carboxylic acids is 1. The highest BCUT2D eigenvalue weighted by Gasteiger charge is 2.43. The fourth-order valence-electron chi connectivity index (χ4n) is 3.60. The molecule has 2 fully saturated rings. The average molecular weight is 269 g/mol. The second kappa shape index (κ2) is 5.80. The van der Waals surface area contributed by atoms with E-state index in [4.69, 9.17) is 4.74 Å². The molecule has 4 heteroatoms. The van der Waals surface area contributed by atoms with Gasteiger partial charge in [-0.3, -0.25) is 9.69 Å². The molecule has 2 rings (SSSR count). The predicted molar refractivity (Wildman–Crippen MR) is 74.1 cm³/mol. The van der Waals surface area contributed by atoms with Gasteiger partial charge in [0.15, 0.2) is 0 Å². The summed E-state index contributed by atoms with van der Waals surface area (Å²) in [5, 5.41) is 9.68. The quantitative estimate of drug-likeness (QED) is 0.854. The summed E-state index contributed by atoms with van der Waals surface area (Å²) in [5.74, 6) is 0.0706. The van der Waals surface area contributed by atoms with Crippen LogP contribution < -0.4 is 0 Å². The molecule has 0 radical (unpaired) electrons. The second-order valence-electron chi connectivity index (χ2n) is 6.72. The molecule has 0 spiro atoms. The van der Waals surface area contributed by atoms with Gasteiger partial charge in [0.1, 0.15) is 0 Å². The van der Waals surface area contributed by atoms with E-state index in [0.29, 0.717) is 12.5 Å². The van der Waals surface area contributed by atoms with Gasteiger partial charge in [-0.1, -0.05) is 6.92 Å². The van der Waals surface area contributed by atoms with Gasteiger partial charge in [-0.2, -0.15) is 0 Å². The second-order valence-corrected chi connectivity index (χ2v) is 6.72. The molecule has 2 atom stereocenters. The first-order chi connectivity index (χ1) is 8.91. The largest absolute Gasteiger partial charge is 0.481 e. The third-order valence-electron chi connectivity index (χ3n) is 4.71. The van der Waals surface area contributed by atoms with Gasteiger partial charge in [0.25, 0.3) is 0 Å². The minimum atomic E-state index is -0.605. The van der Waals surface area contributed by atoms with Gasteiger partial charge in [0.2, 0.25) is 0 Å². The van der Waals surface area contributed by atoms with E-state index in [1.807, 2.05) is 0 Å². The fraction of sp³-hybridized carbons (Fsp3) is 0.933. The lowest BCUT2D eigenvalue weighted by molar-refractivity contribution is -0.155. The summed E-state index contributed by atoms with van der Waals surface area (Å²) in [5.41, 5.74) is -0.525. The lowest BCUT2D eigenvalue weighted by Gasteiger charge is -2.43. The molecule has 1 saturated carbocycles. The Balaban J connectivity index is 2.02. The van der Waals surface area contributed by atoms with Gasteiger partial charge >= 0.3 is 5.97 Å². The molecule has 0 aromatic carbocycles. The molecule has 1 saturated heterocycles. The van der Waals surface area contributed by atoms with Crippen molar-refractivity contribution in [3.8, 4) is 0 Å². The summed E-state index contributed by atoms with van der Waals surface area (Å²) in [6.07, 6.45) is 4.14. The molecule has 0 bridgehead atoms. The molecule has 2 aliphatic rings. The van der Waals surface area contributed by atoms with E-state index >= 15 is 0 Å². The van der Waals surface area contributed by atoms with Gasteiger partial charge in [0, 0.05) is 19.6 Å². The number of hydrogen-bond donors (Lipinski definition) is 1. The highest BCUT2D eigenvalue weighted by atomic mass is 16.5. The van der Waals surface area contributed by atoms with Crippen LogP contribution in [0.3, 0.4) is 0 Å². The number of hydrogen-bond acceptors (Lipinski definition) is 3. The monoisotopic (exact) mass is 269 g/mol. The van der Waals surface area contributed by atoms with E-state index in [9.17, 15) is 9.90 Å². The lowest BCUT2D eigenvalue weighted by Crippen LogP contribution is -2.52. The Morgan fingerprint density at radius 2 is 1.74 bits per heavy atom. The first-order valence-corrected chi connectivity index (χ1v) is 7.52. The normalized spacial score (nSPS) is 41.1. The molecule has 1 N–H and O–H groups in total. The third-order valence-corrected chi connectivity index (χ3v) is 4.71. The van der Waals surface area contributed by atoms with Crippen LogP contribution in [0, 0.1) is 11.3 Å². The maximum absolute atomic E-state index is 11.8. The Bertz CT molecular complexity index is 313. The van der Waals surface area contributed by atoms with Crippen molar-refractivity contribution in [2.75, 3.05) is 19.6 Å². The number of carboxylic acids is 1. The predicted octanol–water partition coefficient (Wildman–Crippen LogP) is 2.38. The van der Waals surface area contributed by atoms with E-state index in [0.717, 1.165) is 38.8 Å². The number of rotatable bonds is 3. The highest BCUT2D eigenvalue weighted by molar-refractivity contribution is 5.75. The zero-order chi connectivity index (χ0) is 14.0. The van der Waals surface area contributed by atoms with Crippen molar-refractivity contribution >= 4 is 5.97 Å². The highest BCUT2D eigenvalue weighted by Crippen LogP contribution is 2.40. The summed E-state index contributed by atoms with van der Waals surface area (Å²) in [6.45, 7) is 8.76. The maximum Gasteiger partial charge on any atom is 0.310 e. The summed E-state index contributed by atoms with van der Waals surface area (Å²) in [4.78, 5) is 14.1. The van der Waals surface area contributed by atoms with Crippen molar-refractivity contribution < 1.29 is 14.6 Å². The molecule has 19 heavy (non-hydrogen) atoms. The van der Waals surface area contributed by atoms with Crippen molar-refractivity contribution in [3.63, 3.8) is 0 Å². The number of ether oxygens (including phenoxy) is 1. The van der Waals surface area contributed by atoms with Crippen molar-refractivity contribution in [3.05, 3.63) is 0 Å². The number of carbonyl (C=O) groups is 1. The van der Waals surface area contributed by atoms with E-state index in [-0.39, 0.29) is 12.2 Å². The molecule has 1 aliphatic carbocycles. The van der Waals surface area contributed by atoms with E-state index in [2.05, 4.69) is 25.7 Å². The van der Waals surface area contributed by atoms with Crippen molar-refractivity contribution in [1.29, 1.82) is 0 Å². The molecule has 1 aliphatic heterocycles. The third kappa shape index (κ3) is 3.48. The van der Waals surface area contributed by atoms with Crippen LogP contribution in [0.5, 0.6) is 0 Å². The van der Waals surface area contributed by atoms with Gasteiger partial charge in [-0.05, 0) is 45.4 Å². The van der Waals surface area contributed by atoms with Crippen molar-refractivity contribution in [2.45, 2.75) is 58.7 Å². The van der Waals surface area contributed by atoms with Gasteiger partial charge in [-0.25, -0.2) is 0 Å². The smallest absolute Gasteiger partial charge is 0.310 e. The van der Waals surface area contributed by atoms with Crippen LogP contribution in [0.15, 0.2) is 0 Å². The molecule has 0 aromatic rings. The Morgan fingerprint density at radius 3 is 2.21 bits per heavy atom. The van der Waals surface area contributed by atoms with Crippen LogP contribution in [0.4, 0.5) is 0 Å². The van der Waals surface area contributed by atoms with Crippen molar-refractivity contribution in [2.24, 2.45) is 11.3 Å². The molecule has 0 amide bonds. The lowest BCUT2D eigenvalue weighted by atomic mass is 9.70. The standard InChI is InChI=1S/C15H27NO3/c1-11-4-6-15(7-5-11,14(17)18)10-16-8-12(2)19-13(3)9-16/h11-13H,4-10H2,1-3H3,(H,17,18)/t11?,12-,13+,15?. The van der Waals surface area contributed by atoms with Crippen LogP contribution in [-0.4, -0.2) is 47.8 Å². The Hall–Kier alpha value is -0.610. The first kappa shape index (κ1) is 14.8. The van der Waals surface area contributed by atoms with Crippen LogP contribution in [0.25, 0.3) is 0 Å². The van der Waals surface area contributed by atoms with Crippen LogP contribution >= 0.6 is 0 Å². The van der Waals surface area contributed by atoms with E-state index < -0.39 is 11.4 Å². The van der Waals surface area contributed by atoms with Crippen LogP contribution in [0.2, 0.25) is 0 Å². The van der Waals surface area contributed by atoms with Gasteiger partial charge in [-0.15, -0.1) is 0 Å². The van der Waals surface area contributed by atoms with Crippen LogP contribution in [-0.2, 0) is 9.53 Å². The minimum Gasteiger partial charge on any atom is -0.481 e. The Labute approximate surface area is 116 Å².